The first-order valence-electron chi connectivity index (χ1n) is 7.69. The first kappa shape index (κ1) is 15.3. The summed E-state index contributed by atoms with van der Waals surface area (Å²) in [6.07, 6.45) is 3.67. The Balaban J connectivity index is 2.01. The minimum Gasteiger partial charge on any atom is -0.397 e. The number of nitriles is 2. The zero-order valence-corrected chi connectivity index (χ0v) is 13.4. The van der Waals surface area contributed by atoms with Gasteiger partial charge in [0.05, 0.1) is 5.69 Å². The van der Waals surface area contributed by atoms with E-state index in [0.717, 1.165) is 16.5 Å². The average molecular weight is 343 g/mol. The predicted molar refractivity (Wildman–Crippen MR) is 97.7 cm³/mol. The van der Waals surface area contributed by atoms with Gasteiger partial charge in [-0.3, -0.25) is 5.32 Å². The highest BCUT2D eigenvalue weighted by Crippen LogP contribution is 2.42. The van der Waals surface area contributed by atoms with Gasteiger partial charge in [0.1, 0.15) is 29.3 Å². The molecule has 0 fully saturated rings. The van der Waals surface area contributed by atoms with E-state index in [1.165, 1.54) is 0 Å². The largest absolute Gasteiger partial charge is 0.397 e. The van der Waals surface area contributed by atoms with E-state index in [1.54, 1.807) is 0 Å². The van der Waals surface area contributed by atoms with Gasteiger partial charge in [-0.05, 0) is 17.7 Å². The number of H-pyrrole nitrogens is 1. The van der Waals surface area contributed by atoms with Crippen LogP contribution in [0.15, 0.2) is 35.5 Å². The topological polar surface area (TPSA) is 165 Å². The highest BCUT2D eigenvalue weighted by atomic mass is 15.2. The molecule has 9 nitrogen and oxygen atoms in total. The number of aromatic amines is 1. The summed E-state index contributed by atoms with van der Waals surface area (Å²) in [5.41, 5.74) is 14.8. The van der Waals surface area contributed by atoms with Crippen molar-refractivity contribution in [2.45, 2.75) is 6.04 Å². The van der Waals surface area contributed by atoms with Crippen LogP contribution in [0.2, 0.25) is 0 Å². The van der Waals surface area contributed by atoms with Gasteiger partial charge in [0.2, 0.25) is 5.96 Å². The third kappa shape index (κ3) is 2.16. The molecule has 2 aromatic heterocycles. The average Bonchev–Trinajstić information content (AvgIpc) is 3.10. The first-order chi connectivity index (χ1) is 12.6. The van der Waals surface area contributed by atoms with E-state index in [1.807, 2.05) is 42.7 Å². The van der Waals surface area contributed by atoms with Crippen LogP contribution < -0.4 is 22.1 Å². The van der Waals surface area contributed by atoms with Crippen molar-refractivity contribution in [2.75, 3.05) is 16.8 Å². The van der Waals surface area contributed by atoms with Gasteiger partial charge in [0.25, 0.3) is 0 Å². The summed E-state index contributed by atoms with van der Waals surface area (Å²) in [6.45, 7) is 0. The van der Waals surface area contributed by atoms with E-state index in [-0.39, 0.29) is 23.0 Å². The number of aromatic nitrogens is 2. The molecule has 0 radical (unpaired) electrons. The monoisotopic (exact) mass is 343 g/mol. The van der Waals surface area contributed by atoms with Gasteiger partial charge in [-0.1, -0.05) is 12.1 Å². The molecule has 0 bridgehead atoms. The number of nitrogens with zero attached hydrogens (tertiary/aromatic N) is 4. The molecule has 0 aliphatic carbocycles. The molecule has 4 rings (SSSR count). The Morgan fingerprint density at radius 2 is 2.04 bits per heavy atom. The number of hydrogen-bond acceptors (Lipinski definition) is 8. The molecule has 3 aromatic rings. The van der Waals surface area contributed by atoms with Gasteiger partial charge in [0, 0.05) is 22.7 Å². The highest BCUT2D eigenvalue weighted by Gasteiger charge is 2.30. The van der Waals surface area contributed by atoms with Crippen molar-refractivity contribution in [2.24, 2.45) is 4.99 Å². The fraction of sp³-hybridized carbons (Fsp3) is 0.0588. The number of nitrogen functional groups attached to an aromatic ring is 2. The maximum absolute atomic E-state index is 9.37. The number of benzene rings is 1. The van der Waals surface area contributed by atoms with Crippen molar-refractivity contribution < 1.29 is 0 Å². The Labute approximate surface area is 148 Å². The molecule has 1 atom stereocenters. The molecular weight excluding hydrogens is 330 g/mol. The summed E-state index contributed by atoms with van der Waals surface area (Å²) < 4.78 is 0. The molecule has 1 aliphatic rings. The zero-order chi connectivity index (χ0) is 18.3. The maximum atomic E-state index is 9.37. The van der Waals surface area contributed by atoms with E-state index in [0.29, 0.717) is 11.4 Å². The van der Waals surface area contributed by atoms with Crippen LogP contribution in [0.3, 0.4) is 0 Å². The van der Waals surface area contributed by atoms with Crippen molar-refractivity contribution in [1.82, 2.24) is 15.3 Å². The second-order valence-corrected chi connectivity index (χ2v) is 5.69. The highest BCUT2D eigenvalue weighted by molar-refractivity contribution is 5.99. The molecule has 3 heterocycles. The van der Waals surface area contributed by atoms with E-state index in [9.17, 15) is 5.26 Å². The fourth-order valence-corrected chi connectivity index (χ4v) is 3.15. The quantitative estimate of drug-likeness (QED) is 0.330. The number of nitrogens with two attached hydrogens (primary N) is 2. The second kappa shape index (κ2) is 5.69. The van der Waals surface area contributed by atoms with Crippen LogP contribution >= 0.6 is 0 Å². The zero-order valence-electron chi connectivity index (χ0n) is 13.4. The molecule has 0 spiro atoms. The number of rotatable bonds is 1. The van der Waals surface area contributed by atoms with Crippen LogP contribution in [0.25, 0.3) is 10.9 Å². The molecule has 26 heavy (non-hydrogen) atoms. The number of nitrogens with one attached hydrogen (secondary N) is 3. The molecule has 1 aromatic carbocycles. The molecule has 0 amide bonds. The lowest BCUT2D eigenvalue weighted by atomic mass is 9.93. The molecule has 1 aliphatic heterocycles. The third-order valence-corrected chi connectivity index (χ3v) is 4.28. The van der Waals surface area contributed by atoms with E-state index >= 15 is 0 Å². The molecule has 7 N–H and O–H groups in total. The minimum absolute atomic E-state index is 0.0214. The lowest BCUT2D eigenvalue weighted by Gasteiger charge is -2.26. The Hall–Kier alpha value is -4.24. The number of aliphatic imine (C=N–C) groups is 1. The number of fused-ring (bicyclic) bond motifs is 2. The number of guanidine groups is 1. The number of anilines is 3. The smallest absolute Gasteiger partial charge is 0.211 e. The summed E-state index contributed by atoms with van der Waals surface area (Å²) >= 11 is 0. The summed E-state index contributed by atoms with van der Waals surface area (Å²) in [6, 6.07) is 9.14. The number of hydrogen-bond donors (Lipinski definition) is 5. The summed E-state index contributed by atoms with van der Waals surface area (Å²) in [4.78, 5) is 12.0. The molecule has 0 saturated carbocycles. The van der Waals surface area contributed by atoms with Gasteiger partial charge >= 0.3 is 0 Å². The second-order valence-electron chi connectivity index (χ2n) is 5.69. The third-order valence-electron chi connectivity index (χ3n) is 4.28. The number of pyridine rings is 1. The van der Waals surface area contributed by atoms with Crippen LogP contribution in [0.1, 0.15) is 22.7 Å². The van der Waals surface area contributed by atoms with Crippen molar-refractivity contribution in [1.29, 1.82) is 10.5 Å². The summed E-state index contributed by atoms with van der Waals surface area (Å²) in [5, 5.41) is 24.7. The van der Waals surface area contributed by atoms with Crippen LogP contribution in [-0.4, -0.2) is 15.9 Å². The molecule has 9 heteroatoms. The van der Waals surface area contributed by atoms with Crippen LogP contribution in [0, 0.1) is 22.8 Å². The molecule has 1 unspecified atom stereocenters. The Morgan fingerprint density at radius 3 is 2.81 bits per heavy atom. The van der Waals surface area contributed by atoms with Gasteiger partial charge in [-0.15, -0.1) is 0 Å². The van der Waals surface area contributed by atoms with Gasteiger partial charge < -0.3 is 21.8 Å². The van der Waals surface area contributed by atoms with E-state index in [4.69, 9.17) is 16.7 Å². The summed E-state index contributed by atoms with van der Waals surface area (Å²) in [7, 11) is 0. The first-order valence-corrected chi connectivity index (χ1v) is 7.69. The summed E-state index contributed by atoms with van der Waals surface area (Å²) in [5.74, 6) is 0.617. The predicted octanol–water partition coefficient (Wildman–Crippen LogP) is 1.54. The normalized spacial score (nSPS) is 15.3. The lowest BCUT2D eigenvalue weighted by Crippen LogP contribution is -2.32. The Morgan fingerprint density at radius 1 is 1.19 bits per heavy atom. The standard InChI is InChI=1S/C17H13N9/c18-6-10-13(20)12-14(9-2-1-3-11-8(9)4-5-22-11)24-17(23-7-19)26-16(12)25-15(10)21/h1-5,14,22H,(H6,20,21,23,24,25,26). The van der Waals surface area contributed by atoms with E-state index < -0.39 is 6.04 Å². The van der Waals surface area contributed by atoms with E-state index in [2.05, 4.69) is 25.6 Å². The van der Waals surface area contributed by atoms with Crippen LogP contribution in [0.4, 0.5) is 17.3 Å². The van der Waals surface area contributed by atoms with Gasteiger partial charge in [-0.25, -0.2) is 9.98 Å². The van der Waals surface area contributed by atoms with Crippen molar-refractivity contribution in [3.63, 3.8) is 0 Å². The van der Waals surface area contributed by atoms with Crippen LogP contribution in [-0.2, 0) is 0 Å². The van der Waals surface area contributed by atoms with Crippen LogP contribution in [0.5, 0.6) is 0 Å². The maximum Gasteiger partial charge on any atom is 0.211 e. The molecular formula is C17H13N9. The lowest BCUT2D eigenvalue weighted by molar-refractivity contribution is 0.854. The fourth-order valence-electron chi connectivity index (χ4n) is 3.15. The molecule has 126 valence electrons. The SMILES string of the molecule is N#CNC1=NC(c2cccc3[nH]ccc23)c2c(nc(N)c(C#N)c2N)N1. The Bertz CT molecular complexity index is 1140. The van der Waals surface area contributed by atoms with Crippen molar-refractivity contribution in [3.05, 3.63) is 47.2 Å². The van der Waals surface area contributed by atoms with Gasteiger partial charge in [0.15, 0.2) is 6.19 Å². The van der Waals surface area contributed by atoms with Crippen molar-refractivity contribution >= 4 is 34.2 Å². The van der Waals surface area contributed by atoms with Gasteiger partial charge in [-0.2, -0.15) is 10.5 Å². The minimum atomic E-state index is -0.554. The molecule has 0 saturated heterocycles. The Kier molecular flexibility index (Phi) is 3.34. The van der Waals surface area contributed by atoms with Crippen molar-refractivity contribution in [3.8, 4) is 12.3 Å².